The highest BCUT2D eigenvalue weighted by Gasteiger charge is 2.30. The number of alkyl halides is 1. The molecule has 1 saturated heterocycles. The number of carbonyl (C=O) groups excluding carboxylic acids is 1. The molecule has 1 fully saturated rings. The van der Waals surface area contributed by atoms with Gasteiger partial charge in [0, 0.05) is 32.9 Å². The number of ether oxygens (including phenoxy) is 1. The van der Waals surface area contributed by atoms with Gasteiger partial charge in [0.05, 0.1) is 24.9 Å². The van der Waals surface area contributed by atoms with Gasteiger partial charge >= 0.3 is 6.03 Å². The molecule has 170 valence electrons. The number of rotatable bonds is 8. The maximum absolute atomic E-state index is 14.4. The Labute approximate surface area is 184 Å². The number of hydrogen-bond acceptors (Lipinski definition) is 4. The third kappa shape index (κ3) is 6.95. The first-order chi connectivity index (χ1) is 14.8. The molecule has 0 aliphatic carbocycles. The van der Waals surface area contributed by atoms with Crippen LogP contribution in [-0.2, 0) is 20.1 Å². The Kier molecular flexibility index (Phi) is 7.90. The number of aromatic nitrogens is 2. The zero-order valence-electron chi connectivity index (χ0n) is 18.9. The number of piperidine rings is 1. The van der Waals surface area contributed by atoms with Crippen LogP contribution >= 0.6 is 0 Å². The number of amides is 2. The molecule has 0 unspecified atom stereocenters. The van der Waals surface area contributed by atoms with Crippen LogP contribution in [0.1, 0.15) is 31.5 Å². The number of carbonyl (C=O) groups is 1. The smallest absolute Gasteiger partial charge is 0.318 e. The van der Waals surface area contributed by atoms with Gasteiger partial charge in [-0.3, -0.25) is 4.68 Å². The van der Waals surface area contributed by atoms with Crippen LogP contribution in [0.4, 0.5) is 9.18 Å². The molecule has 1 aromatic carbocycles. The van der Waals surface area contributed by atoms with Crippen LogP contribution in [0.2, 0.25) is 0 Å². The average molecular weight is 432 g/mol. The first-order valence-electron chi connectivity index (χ1n) is 10.9. The van der Waals surface area contributed by atoms with Gasteiger partial charge in [0.1, 0.15) is 11.9 Å². The van der Waals surface area contributed by atoms with Gasteiger partial charge in [-0.05, 0) is 43.1 Å². The molecule has 7 nitrogen and oxygen atoms in total. The lowest BCUT2D eigenvalue weighted by Crippen LogP contribution is -2.54. The fraction of sp³-hybridized carbons (Fsp3) is 0.565. The lowest BCUT2D eigenvalue weighted by Gasteiger charge is -2.34. The number of likely N-dealkylation sites (tertiary alicyclic amines) is 1. The number of benzene rings is 1. The van der Waals surface area contributed by atoms with Crippen molar-refractivity contribution in [3.8, 4) is 5.75 Å². The molecule has 8 heteroatoms. The minimum atomic E-state index is -1.07. The Morgan fingerprint density at radius 2 is 2.00 bits per heavy atom. The third-order valence-electron chi connectivity index (χ3n) is 5.34. The summed E-state index contributed by atoms with van der Waals surface area (Å²) in [7, 11) is 3.74. The maximum Gasteiger partial charge on any atom is 0.318 e. The van der Waals surface area contributed by atoms with Crippen molar-refractivity contribution in [2.45, 2.75) is 45.6 Å². The van der Waals surface area contributed by atoms with Gasteiger partial charge in [-0.2, -0.15) is 5.10 Å². The van der Waals surface area contributed by atoms with E-state index in [0.717, 1.165) is 23.6 Å². The van der Waals surface area contributed by atoms with Gasteiger partial charge < -0.3 is 19.9 Å². The van der Waals surface area contributed by atoms with Crippen molar-refractivity contribution in [3.05, 3.63) is 47.8 Å². The van der Waals surface area contributed by atoms with E-state index in [4.69, 9.17) is 4.74 Å². The molecular weight excluding hydrogens is 397 g/mol. The molecular formula is C23H34FN5O2. The summed E-state index contributed by atoms with van der Waals surface area (Å²) in [5.41, 5.74) is 1.76. The number of halogens is 1. The Morgan fingerprint density at radius 3 is 2.61 bits per heavy atom. The lowest BCUT2D eigenvalue weighted by atomic mass is 10.0. The van der Waals surface area contributed by atoms with Crippen LogP contribution in [0.25, 0.3) is 0 Å². The Hall–Kier alpha value is -2.61. The molecule has 0 spiro atoms. The fourth-order valence-electron chi connectivity index (χ4n) is 3.59. The summed E-state index contributed by atoms with van der Waals surface area (Å²) >= 11 is 0. The van der Waals surface area contributed by atoms with Crippen molar-refractivity contribution in [2.75, 3.05) is 26.7 Å². The van der Waals surface area contributed by atoms with E-state index < -0.39 is 12.2 Å². The number of aryl methyl sites for hydroxylation is 1. The number of nitrogens with one attached hydrogen (secondary N) is 1. The molecule has 1 aliphatic heterocycles. The van der Waals surface area contributed by atoms with E-state index in [1.54, 1.807) is 9.58 Å². The maximum atomic E-state index is 14.4. The predicted molar refractivity (Wildman–Crippen MR) is 119 cm³/mol. The van der Waals surface area contributed by atoms with Crippen LogP contribution in [0.15, 0.2) is 36.5 Å². The SMILES string of the molecule is CC(C)COc1ccc(CN(Cc2ccn(C)n2)C(=O)N[C@H]2CCN(C)C[C@H]2F)cc1. The van der Waals surface area contributed by atoms with E-state index in [-0.39, 0.29) is 6.03 Å². The standard InChI is InChI=1S/C23H34FN5O2/c1-17(2)16-31-20-7-5-18(6-8-20)13-29(14-19-9-12-28(4)26-19)23(30)25-22-10-11-27(3)15-21(22)24/h5-9,12,17,21-22H,10-11,13-16H2,1-4H3,(H,25,30)/t21-,22+/m1/s1. The van der Waals surface area contributed by atoms with Gasteiger partial charge in [0.2, 0.25) is 0 Å². The molecule has 0 saturated carbocycles. The van der Waals surface area contributed by atoms with Crippen LogP contribution in [-0.4, -0.2) is 64.6 Å². The molecule has 1 aliphatic rings. The minimum absolute atomic E-state index is 0.275. The zero-order chi connectivity index (χ0) is 22.4. The van der Waals surface area contributed by atoms with Gasteiger partial charge in [-0.25, -0.2) is 9.18 Å². The predicted octanol–water partition coefficient (Wildman–Crippen LogP) is 3.21. The van der Waals surface area contributed by atoms with E-state index in [0.29, 0.717) is 38.6 Å². The normalized spacial score (nSPS) is 19.4. The average Bonchev–Trinajstić information content (AvgIpc) is 3.13. The summed E-state index contributed by atoms with van der Waals surface area (Å²) in [5.74, 6) is 1.26. The third-order valence-corrected chi connectivity index (χ3v) is 5.34. The zero-order valence-corrected chi connectivity index (χ0v) is 18.9. The summed E-state index contributed by atoms with van der Waals surface area (Å²) in [6, 6.07) is 8.90. The summed E-state index contributed by atoms with van der Waals surface area (Å²) in [6.07, 6.45) is 1.38. The molecule has 2 heterocycles. The molecule has 2 amide bonds. The highest BCUT2D eigenvalue weighted by atomic mass is 19.1. The van der Waals surface area contributed by atoms with E-state index in [9.17, 15) is 9.18 Å². The van der Waals surface area contributed by atoms with E-state index >= 15 is 0 Å². The van der Waals surface area contributed by atoms with Gasteiger partial charge in [-0.1, -0.05) is 26.0 Å². The van der Waals surface area contributed by atoms with Crippen molar-refractivity contribution in [1.29, 1.82) is 0 Å². The van der Waals surface area contributed by atoms with Crippen molar-refractivity contribution in [1.82, 2.24) is 24.9 Å². The number of urea groups is 1. The monoisotopic (exact) mass is 431 g/mol. The number of hydrogen-bond donors (Lipinski definition) is 1. The second kappa shape index (κ2) is 10.6. The Balaban J connectivity index is 1.68. The molecule has 31 heavy (non-hydrogen) atoms. The second-order valence-electron chi connectivity index (χ2n) is 8.81. The van der Waals surface area contributed by atoms with Crippen molar-refractivity contribution < 1.29 is 13.9 Å². The first-order valence-corrected chi connectivity index (χ1v) is 10.9. The number of nitrogens with zero attached hydrogens (tertiary/aromatic N) is 4. The molecule has 3 rings (SSSR count). The second-order valence-corrected chi connectivity index (χ2v) is 8.81. The van der Waals surface area contributed by atoms with Crippen molar-refractivity contribution in [2.24, 2.45) is 13.0 Å². The van der Waals surface area contributed by atoms with Crippen LogP contribution in [0, 0.1) is 5.92 Å². The van der Waals surface area contributed by atoms with E-state index in [1.807, 2.05) is 55.5 Å². The van der Waals surface area contributed by atoms with Crippen LogP contribution in [0.5, 0.6) is 5.75 Å². The van der Waals surface area contributed by atoms with Crippen molar-refractivity contribution >= 4 is 6.03 Å². The van der Waals surface area contributed by atoms with Crippen LogP contribution in [0.3, 0.4) is 0 Å². The Morgan fingerprint density at radius 1 is 1.26 bits per heavy atom. The summed E-state index contributed by atoms with van der Waals surface area (Å²) in [5, 5.41) is 7.30. The van der Waals surface area contributed by atoms with Crippen molar-refractivity contribution in [3.63, 3.8) is 0 Å². The van der Waals surface area contributed by atoms with Gasteiger partial charge in [0.15, 0.2) is 0 Å². The summed E-state index contributed by atoms with van der Waals surface area (Å²) < 4.78 is 21.9. The topological polar surface area (TPSA) is 62.6 Å². The molecule has 2 aromatic rings. The van der Waals surface area contributed by atoms with E-state index in [1.165, 1.54) is 0 Å². The van der Waals surface area contributed by atoms with E-state index in [2.05, 4.69) is 24.3 Å². The highest BCUT2D eigenvalue weighted by molar-refractivity contribution is 5.74. The summed E-state index contributed by atoms with van der Waals surface area (Å²) in [6.45, 7) is 6.73. The molecule has 1 aromatic heterocycles. The summed E-state index contributed by atoms with van der Waals surface area (Å²) in [4.78, 5) is 16.7. The van der Waals surface area contributed by atoms with Gasteiger partial charge in [-0.15, -0.1) is 0 Å². The quantitative estimate of drug-likeness (QED) is 0.697. The molecule has 2 atom stereocenters. The minimum Gasteiger partial charge on any atom is -0.493 e. The first kappa shape index (κ1) is 23.1. The molecule has 0 radical (unpaired) electrons. The largest absolute Gasteiger partial charge is 0.493 e. The lowest BCUT2D eigenvalue weighted by molar-refractivity contribution is 0.117. The van der Waals surface area contributed by atoms with Crippen LogP contribution < -0.4 is 10.1 Å². The fourth-order valence-corrected chi connectivity index (χ4v) is 3.59. The Bertz CT molecular complexity index is 839. The molecule has 1 N–H and O–H groups in total. The highest BCUT2D eigenvalue weighted by Crippen LogP contribution is 2.17. The molecule has 0 bridgehead atoms. The van der Waals surface area contributed by atoms with Gasteiger partial charge in [0.25, 0.3) is 0 Å².